The molecule has 2 amide bonds. The van der Waals surface area contributed by atoms with Gasteiger partial charge in [0.2, 0.25) is 5.91 Å². The van der Waals surface area contributed by atoms with E-state index in [-0.39, 0.29) is 6.61 Å². The van der Waals surface area contributed by atoms with Gasteiger partial charge in [0.1, 0.15) is 12.3 Å². The van der Waals surface area contributed by atoms with Crippen LogP contribution >= 0.6 is 0 Å². The molecule has 0 unspecified atom stereocenters. The van der Waals surface area contributed by atoms with Gasteiger partial charge in [-0.25, -0.2) is 0 Å². The molecule has 6 nitrogen and oxygen atoms in total. The fourth-order valence-electron chi connectivity index (χ4n) is 1.25. The summed E-state index contributed by atoms with van der Waals surface area (Å²) in [6.07, 6.45) is 0. The van der Waals surface area contributed by atoms with E-state index in [2.05, 4.69) is 0 Å². The summed E-state index contributed by atoms with van der Waals surface area (Å²) in [4.78, 5) is 33.9. The SMILES string of the molecule is CC(=O)N(CC(=O)O)C(=O)COc1ccccc1. The molecule has 0 atom stereocenters. The van der Waals surface area contributed by atoms with Crippen LogP contribution in [0.1, 0.15) is 6.92 Å². The highest BCUT2D eigenvalue weighted by Gasteiger charge is 2.21. The highest BCUT2D eigenvalue weighted by atomic mass is 16.5. The number of hydrogen-bond acceptors (Lipinski definition) is 4. The van der Waals surface area contributed by atoms with Gasteiger partial charge in [0.05, 0.1) is 0 Å². The molecule has 0 fully saturated rings. The molecule has 6 heteroatoms. The number of aliphatic carboxylic acids is 1. The first kappa shape index (κ1) is 13.7. The Morgan fingerprint density at radius 1 is 1.22 bits per heavy atom. The summed E-state index contributed by atoms with van der Waals surface area (Å²) in [7, 11) is 0. The Hall–Kier alpha value is -2.37. The second-order valence-corrected chi connectivity index (χ2v) is 3.49. The largest absolute Gasteiger partial charge is 0.484 e. The van der Waals surface area contributed by atoms with Gasteiger partial charge in [0.15, 0.2) is 6.61 Å². The lowest BCUT2D eigenvalue weighted by Gasteiger charge is -2.16. The molecule has 0 saturated heterocycles. The summed E-state index contributed by atoms with van der Waals surface area (Å²) >= 11 is 0. The number of para-hydroxylation sites is 1. The number of amides is 2. The maximum Gasteiger partial charge on any atom is 0.323 e. The summed E-state index contributed by atoms with van der Waals surface area (Å²) in [5.41, 5.74) is 0. The van der Waals surface area contributed by atoms with Crippen LogP contribution in [-0.4, -0.2) is 40.9 Å². The smallest absolute Gasteiger partial charge is 0.323 e. The van der Waals surface area contributed by atoms with Gasteiger partial charge in [0, 0.05) is 6.92 Å². The molecule has 0 aliphatic carbocycles. The lowest BCUT2D eigenvalue weighted by molar-refractivity contribution is -0.152. The van der Waals surface area contributed by atoms with Crippen LogP contribution in [-0.2, 0) is 14.4 Å². The molecule has 1 rings (SSSR count). The zero-order chi connectivity index (χ0) is 13.5. The second kappa shape index (κ2) is 6.39. The van der Waals surface area contributed by atoms with E-state index >= 15 is 0 Å². The van der Waals surface area contributed by atoms with Crippen LogP contribution in [0.15, 0.2) is 30.3 Å². The van der Waals surface area contributed by atoms with Crippen LogP contribution in [0.5, 0.6) is 5.75 Å². The molecule has 1 aromatic carbocycles. The zero-order valence-corrected chi connectivity index (χ0v) is 9.83. The summed E-state index contributed by atoms with van der Waals surface area (Å²) in [5, 5.41) is 8.58. The average Bonchev–Trinajstić information content (AvgIpc) is 2.34. The Morgan fingerprint density at radius 2 is 1.83 bits per heavy atom. The number of imide groups is 1. The van der Waals surface area contributed by atoms with Crippen molar-refractivity contribution in [2.24, 2.45) is 0 Å². The van der Waals surface area contributed by atoms with Gasteiger partial charge in [-0.15, -0.1) is 0 Å². The van der Waals surface area contributed by atoms with Crippen molar-refractivity contribution < 1.29 is 24.2 Å². The van der Waals surface area contributed by atoms with Crippen molar-refractivity contribution in [1.82, 2.24) is 4.90 Å². The van der Waals surface area contributed by atoms with Gasteiger partial charge in [-0.05, 0) is 12.1 Å². The first-order valence-electron chi connectivity index (χ1n) is 5.21. The van der Waals surface area contributed by atoms with E-state index < -0.39 is 24.3 Å². The summed E-state index contributed by atoms with van der Waals surface area (Å²) in [5.74, 6) is -2.09. The topological polar surface area (TPSA) is 83.9 Å². The van der Waals surface area contributed by atoms with E-state index in [1.165, 1.54) is 0 Å². The van der Waals surface area contributed by atoms with Crippen LogP contribution in [0, 0.1) is 0 Å². The van der Waals surface area contributed by atoms with E-state index in [0.29, 0.717) is 10.6 Å². The Kier molecular flexibility index (Phi) is 4.86. The number of benzene rings is 1. The number of carbonyl (C=O) groups excluding carboxylic acids is 2. The number of nitrogens with zero attached hydrogens (tertiary/aromatic N) is 1. The van der Waals surface area contributed by atoms with Crippen molar-refractivity contribution >= 4 is 17.8 Å². The zero-order valence-electron chi connectivity index (χ0n) is 9.83. The number of ether oxygens (including phenoxy) is 1. The molecular formula is C12H13NO5. The molecule has 0 aliphatic heterocycles. The maximum atomic E-state index is 11.6. The Labute approximate surface area is 104 Å². The van der Waals surface area contributed by atoms with Gasteiger partial charge in [0.25, 0.3) is 5.91 Å². The Balaban J connectivity index is 2.57. The molecule has 0 aromatic heterocycles. The first-order chi connectivity index (χ1) is 8.50. The van der Waals surface area contributed by atoms with Gasteiger partial charge in [-0.2, -0.15) is 0 Å². The van der Waals surface area contributed by atoms with E-state index in [4.69, 9.17) is 9.84 Å². The van der Waals surface area contributed by atoms with Crippen LogP contribution in [0.25, 0.3) is 0 Å². The summed E-state index contributed by atoms with van der Waals surface area (Å²) < 4.78 is 5.14. The van der Waals surface area contributed by atoms with Crippen LogP contribution < -0.4 is 4.74 Å². The maximum absolute atomic E-state index is 11.6. The molecule has 0 heterocycles. The van der Waals surface area contributed by atoms with Crippen molar-refractivity contribution in [3.8, 4) is 5.75 Å². The average molecular weight is 251 g/mol. The molecular weight excluding hydrogens is 238 g/mol. The normalized spacial score (nSPS) is 9.61. The number of carboxylic acids is 1. The molecule has 0 radical (unpaired) electrons. The highest BCUT2D eigenvalue weighted by Crippen LogP contribution is 2.08. The third-order valence-corrected chi connectivity index (χ3v) is 2.08. The summed E-state index contributed by atoms with van der Waals surface area (Å²) in [6.45, 7) is 0.0898. The predicted molar refractivity (Wildman–Crippen MR) is 62.0 cm³/mol. The molecule has 0 bridgehead atoms. The van der Waals surface area contributed by atoms with E-state index in [0.717, 1.165) is 6.92 Å². The second-order valence-electron chi connectivity index (χ2n) is 3.49. The lowest BCUT2D eigenvalue weighted by Crippen LogP contribution is -2.41. The standard InChI is InChI=1S/C12H13NO5/c1-9(14)13(7-12(16)17)11(15)8-18-10-5-3-2-4-6-10/h2-6H,7-8H2,1H3,(H,16,17). The fraction of sp³-hybridized carbons (Fsp3) is 0.250. The van der Waals surface area contributed by atoms with Crippen LogP contribution in [0.4, 0.5) is 0 Å². The molecule has 0 aliphatic rings. The molecule has 0 spiro atoms. The number of carboxylic acid groups (broad SMARTS) is 1. The van der Waals surface area contributed by atoms with E-state index in [1.54, 1.807) is 30.3 Å². The number of hydrogen-bond donors (Lipinski definition) is 1. The van der Waals surface area contributed by atoms with E-state index in [9.17, 15) is 14.4 Å². The van der Waals surface area contributed by atoms with Gasteiger partial charge >= 0.3 is 5.97 Å². The Morgan fingerprint density at radius 3 is 2.33 bits per heavy atom. The van der Waals surface area contributed by atoms with Crippen molar-refractivity contribution in [3.63, 3.8) is 0 Å². The minimum atomic E-state index is -1.25. The fourth-order valence-corrected chi connectivity index (χ4v) is 1.25. The van der Waals surface area contributed by atoms with Crippen LogP contribution in [0.2, 0.25) is 0 Å². The minimum absolute atomic E-state index is 0.378. The predicted octanol–water partition coefficient (Wildman–Crippen LogP) is 0.525. The Bertz CT molecular complexity index is 443. The third-order valence-electron chi connectivity index (χ3n) is 2.08. The highest BCUT2D eigenvalue weighted by molar-refractivity contribution is 5.97. The molecule has 0 saturated carbocycles. The number of carbonyl (C=O) groups is 3. The lowest BCUT2D eigenvalue weighted by atomic mass is 10.3. The van der Waals surface area contributed by atoms with Crippen molar-refractivity contribution in [2.45, 2.75) is 6.92 Å². The molecule has 1 N–H and O–H groups in total. The van der Waals surface area contributed by atoms with E-state index in [1.807, 2.05) is 0 Å². The van der Waals surface area contributed by atoms with Crippen molar-refractivity contribution in [2.75, 3.05) is 13.2 Å². The summed E-state index contributed by atoms with van der Waals surface area (Å²) in [6, 6.07) is 8.58. The van der Waals surface area contributed by atoms with Crippen molar-refractivity contribution in [1.29, 1.82) is 0 Å². The third kappa shape index (κ3) is 4.25. The quantitative estimate of drug-likeness (QED) is 0.825. The minimum Gasteiger partial charge on any atom is -0.484 e. The van der Waals surface area contributed by atoms with Crippen LogP contribution in [0.3, 0.4) is 0 Å². The van der Waals surface area contributed by atoms with Gasteiger partial charge in [-0.3, -0.25) is 19.3 Å². The monoisotopic (exact) mass is 251 g/mol. The van der Waals surface area contributed by atoms with Gasteiger partial charge < -0.3 is 9.84 Å². The first-order valence-corrected chi connectivity index (χ1v) is 5.21. The van der Waals surface area contributed by atoms with Gasteiger partial charge in [-0.1, -0.05) is 18.2 Å². The van der Waals surface area contributed by atoms with Crippen molar-refractivity contribution in [3.05, 3.63) is 30.3 Å². The molecule has 96 valence electrons. The molecule has 18 heavy (non-hydrogen) atoms. The molecule has 1 aromatic rings. The number of rotatable bonds is 5.